The Morgan fingerprint density at radius 1 is 1.05 bits per heavy atom. The van der Waals surface area contributed by atoms with Crippen molar-refractivity contribution in [1.29, 1.82) is 0 Å². The van der Waals surface area contributed by atoms with Gasteiger partial charge in [0.15, 0.2) is 11.5 Å². The number of ether oxygens (including phenoxy) is 2. The summed E-state index contributed by atoms with van der Waals surface area (Å²) >= 11 is 6.97. The van der Waals surface area contributed by atoms with Gasteiger partial charge in [0, 0.05) is 9.80 Å². The maximum Gasteiger partial charge on any atom is 0.169 e. The van der Waals surface area contributed by atoms with Crippen LogP contribution in [-0.2, 0) is 5.33 Å². The van der Waals surface area contributed by atoms with E-state index in [1.165, 1.54) is 5.56 Å². The highest BCUT2D eigenvalue weighted by Gasteiger charge is 2.06. The standard InChI is InChI=1S/C15H14Br2O2/c1-2-18-14-5-3-4-6-15(14)19-12-8-7-11(10-16)13(17)9-12/h3-9H,2,10H2,1H3. The molecule has 0 unspecified atom stereocenters. The molecule has 0 amide bonds. The van der Waals surface area contributed by atoms with Gasteiger partial charge < -0.3 is 9.47 Å². The number of hydrogen-bond acceptors (Lipinski definition) is 2. The molecule has 2 aromatic rings. The zero-order chi connectivity index (χ0) is 13.7. The van der Waals surface area contributed by atoms with Crippen LogP contribution >= 0.6 is 31.9 Å². The van der Waals surface area contributed by atoms with Crippen LogP contribution in [0.15, 0.2) is 46.9 Å². The van der Waals surface area contributed by atoms with Gasteiger partial charge in [0.05, 0.1) is 6.61 Å². The maximum atomic E-state index is 5.87. The largest absolute Gasteiger partial charge is 0.490 e. The molecular formula is C15H14Br2O2. The summed E-state index contributed by atoms with van der Waals surface area (Å²) in [5.41, 5.74) is 1.19. The minimum absolute atomic E-state index is 0.618. The highest BCUT2D eigenvalue weighted by atomic mass is 79.9. The van der Waals surface area contributed by atoms with Gasteiger partial charge in [-0.2, -0.15) is 0 Å². The molecule has 0 bridgehead atoms. The van der Waals surface area contributed by atoms with Crippen LogP contribution in [0.5, 0.6) is 17.2 Å². The van der Waals surface area contributed by atoms with E-state index in [9.17, 15) is 0 Å². The molecule has 0 fully saturated rings. The first kappa shape index (κ1) is 14.4. The predicted octanol–water partition coefficient (Wildman–Crippen LogP) is 5.54. The van der Waals surface area contributed by atoms with Crippen LogP contribution < -0.4 is 9.47 Å². The zero-order valence-corrected chi connectivity index (χ0v) is 13.7. The summed E-state index contributed by atoms with van der Waals surface area (Å²) in [5, 5.41) is 0.809. The third-order valence-electron chi connectivity index (χ3n) is 2.55. The molecule has 0 saturated carbocycles. The minimum atomic E-state index is 0.618. The van der Waals surface area contributed by atoms with Crippen molar-refractivity contribution in [3.63, 3.8) is 0 Å². The molecule has 0 atom stereocenters. The van der Waals surface area contributed by atoms with E-state index in [1.54, 1.807) is 0 Å². The molecule has 2 aromatic carbocycles. The Kier molecular flexibility index (Phi) is 5.28. The van der Waals surface area contributed by atoms with Gasteiger partial charge in [-0.05, 0) is 36.8 Å². The first-order chi connectivity index (χ1) is 9.24. The molecule has 0 spiro atoms. The van der Waals surface area contributed by atoms with Gasteiger partial charge in [-0.1, -0.05) is 50.1 Å². The van der Waals surface area contributed by atoms with E-state index in [0.717, 1.165) is 27.1 Å². The zero-order valence-electron chi connectivity index (χ0n) is 10.5. The smallest absolute Gasteiger partial charge is 0.169 e. The summed E-state index contributed by atoms with van der Waals surface area (Å²) in [7, 11) is 0. The van der Waals surface area contributed by atoms with Crippen molar-refractivity contribution in [2.45, 2.75) is 12.3 Å². The lowest BCUT2D eigenvalue weighted by molar-refractivity contribution is 0.321. The number of rotatable bonds is 5. The van der Waals surface area contributed by atoms with Crippen molar-refractivity contribution in [2.24, 2.45) is 0 Å². The first-order valence-corrected chi connectivity index (χ1v) is 7.90. The SMILES string of the molecule is CCOc1ccccc1Oc1ccc(CBr)c(Br)c1. The molecule has 19 heavy (non-hydrogen) atoms. The van der Waals surface area contributed by atoms with Crippen molar-refractivity contribution in [3.05, 3.63) is 52.5 Å². The molecule has 100 valence electrons. The fourth-order valence-corrected chi connectivity index (χ4v) is 3.00. The Bertz CT molecular complexity index is 556. The van der Waals surface area contributed by atoms with Crippen molar-refractivity contribution >= 4 is 31.9 Å². The van der Waals surface area contributed by atoms with Gasteiger partial charge in [-0.25, -0.2) is 0 Å². The van der Waals surface area contributed by atoms with E-state index in [4.69, 9.17) is 9.47 Å². The molecule has 2 rings (SSSR count). The second-order valence-electron chi connectivity index (χ2n) is 3.87. The summed E-state index contributed by atoms with van der Waals surface area (Å²) in [5.74, 6) is 2.26. The average molecular weight is 386 g/mol. The number of benzene rings is 2. The van der Waals surface area contributed by atoms with E-state index >= 15 is 0 Å². The highest BCUT2D eigenvalue weighted by molar-refractivity contribution is 9.10. The van der Waals surface area contributed by atoms with Gasteiger partial charge >= 0.3 is 0 Å². The number of halogens is 2. The molecule has 0 N–H and O–H groups in total. The van der Waals surface area contributed by atoms with Gasteiger partial charge in [0.2, 0.25) is 0 Å². The van der Waals surface area contributed by atoms with Gasteiger partial charge in [0.25, 0.3) is 0 Å². The number of para-hydroxylation sites is 2. The molecule has 0 heterocycles. The quantitative estimate of drug-likeness (QED) is 0.629. The Morgan fingerprint density at radius 2 is 1.79 bits per heavy atom. The van der Waals surface area contributed by atoms with E-state index in [0.29, 0.717) is 6.61 Å². The fourth-order valence-electron chi connectivity index (χ4n) is 1.64. The van der Waals surface area contributed by atoms with Gasteiger partial charge in [-0.3, -0.25) is 0 Å². The molecule has 0 saturated heterocycles. The summed E-state index contributed by atoms with van der Waals surface area (Å²) < 4.78 is 12.4. The Labute approximate surface area is 130 Å². The predicted molar refractivity (Wildman–Crippen MR) is 84.5 cm³/mol. The van der Waals surface area contributed by atoms with E-state index in [1.807, 2.05) is 49.4 Å². The van der Waals surface area contributed by atoms with Crippen molar-refractivity contribution in [1.82, 2.24) is 0 Å². The van der Waals surface area contributed by atoms with E-state index in [-0.39, 0.29) is 0 Å². The van der Waals surface area contributed by atoms with Crippen molar-refractivity contribution < 1.29 is 9.47 Å². The Morgan fingerprint density at radius 3 is 2.42 bits per heavy atom. The van der Waals surface area contributed by atoms with Crippen LogP contribution in [0.2, 0.25) is 0 Å². The molecule has 0 radical (unpaired) electrons. The third kappa shape index (κ3) is 3.74. The summed E-state index contributed by atoms with van der Waals surface area (Å²) in [6.45, 7) is 2.57. The lowest BCUT2D eigenvalue weighted by atomic mass is 10.2. The van der Waals surface area contributed by atoms with E-state index < -0.39 is 0 Å². The van der Waals surface area contributed by atoms with Gasteiger partial charge in [-0.15, -0.1) is 0 Å². The molecular weight excluding hydrogens is 372 g/mol. The monoisotopic (exact) mass is 384 g/mol. The highest BCUT2D eigenvalue weighted by Crippen LogP contribution is 2.33. The molecule has 4 heteroatoms. The number of alkyl halides is 1. The second kappa shape index (κ2) is 6.96. The molecule has 0 aromatic heterocycles. The van der Waals surface area contributed by atoms with E-state index in [2.05, 4.69) is 31.9 Å². The molecule has 0 aliphatic rings. The Hall–Kier alpha value is -1.000. The minimum Gasteiger partial charge on any atom is -0.490 e. The van der Waals surface area contributed by atoms with Crippen molar-refractivity contribution in [3.8, 4) is 17.2 Å². The van der Waals surface area contributed by atoms with Crippen LogP contribution in [0.25, 0.3) is 0 Å². The summed E-state index contributed by atoms with van der Waals surface area (Å²) in [6, 6.07) is 13.6. The number of hydrogen-bond donors (Lipinski definition) is 0. The van der Waals surface area contributed by atoms with Crippen LogP contribution in [0.4, 0.5) is 0 Å². The van der Waals surface area contributed by atoms with Crippen LogP contribution in [-0.4, -0.2) is 6.61 Å². The van der Waals surface area contributed by atoms with Crippen LogP contribution in [0.3, 0.4) is 0 Å². The first-order valence-electron chi connectivity index (χ1n) is 5.98. The fraction of sp³-hybridized carbons (Fsp3) is 0.200. The Balaban J connectivity index is 2.23. The third-order valence-corrected chi connectivity index (χ3v) is 3.89. The second-order valence-corrected chi connectivity index (χ2v) is 5.28. The van der Waals surface area contributed by atoms with Crippen LogP contribution in [0.1, 0.15) is 12.5 Å². The normalized spacial score (nSPS) is 10.3. The summed E-state index contributed by atoms with van der Waals surface area (Å²) in [4.78, 5) is 0. The van der Waals surface area contributed by atoms with Gasteiger partial charge in [0.1, 0.15) is 5.75 Å². The topological polar surface area (TPSA) is 18.5 Å². The summed E-state index contributed by atoms with van der Waals surface area (Å²) in [6.07, 6.45) is 0. The molecule has 0 aliphatic heterocycles. The lowest BCUT2D eigenvalue weighted by Crippen LogP contribution is -1.94. The lowest BCUT2D eigenvalue weighted by Gasteiger charge is -2.12. The average Bonchev–Trinajstić information content (AvgIpc) is 2.41. The molecule has 2 nitrogen and oxygen atoms in total. The maximum absolute atomic E-state index is 5.87. The van der Waals surface area contributed by atoms with Crippen LogP contribution in [0, 0.1) is 0 Å². The van der Waals surface area contributed by atoms with Crippen molar-refractivity contribution in [2.75, 3.05) is 6.61 Å². The molecule has 0 aliphatic carbocycles.